The molecule has 0 bridgehead atoms. The van der Waals surface area contributed by atoms with Gasteiger partial charge in [0.05, 0.1) is 0 Å². The first-order valence-corrected chi connectivity index (χ1v) is 5.21. The van der Waals surface area contributed by atoms with Crippen LogP contribution in [0.3, 0.4) is 0 Å². The molecular formula is C13H17N. The zero-order valence-corrected chi connectivity index (χ0v) is 8.74. The minimum absolute atomic E-state index is 0.499. The van der Waals surface area contributed by atoms with Crippen LogP contribution in [-0.4, -0.2) is 24.5 Å². The summed E-state index contributed by atoms with van der Waals surface area (Å²) in [5.41, 5.74) is 2.99. The van der Waals surface area contributed by atoms with Crippen LogP contribution in [0.25, 0.3) is 0 Å². The maximum absolute atomic E-state index is 3.91. The van der Waals surface area contributed by atoms with Crippen LogP contribution in [0.4, 0.5) is 0 Å². The fourth-order valence-electron chi connectivity index (χ4n) is 2.11. The van der Waals surface area contributed by atoms with E-state index < -0.39 is 0 Å². The number of fused-ring (bicyclic) bond motifs is 1. The van der Waals surface area contributed by atoms with Gasteiger partial charge in [0.1, 0.15) is 0 Å². The highest BCUT2D eigenvalue weighted by molar-refractivity contribution is 5.30. The van der Waals surface area contributed by atoms with E-state index in [4.69, 9.17) is 0 Å². The second kappa shape index (κ2) is 3.97. The lowest BCUT2D eigenvalue weighted by Crippen LogP contribution is -2.31. The largest absolute Gasteiger partial charge is 0.299 e. The SMILES string of the molecule is C=CC1Cc2ccccc2CCN1C. The van der Waals surface area contributed by atoms with Crippen molar-refractivity contribution in [2.24, 2.45) is 0 Å². The van der Waals surface area contributed by atoms with Crippen molar-refractivity contribution in [1.29, 1.82) is 0 Å². The van der Waals surface area contributed by atoms with Gasteiger partial charge in [0.2, 0.25) is 0 Å². The van der Waals surface area contributed by atoms with E-state index in [0.717, 1.165) is 19.4 Å². The van der Waals surface area contributed by atoms with Crippen LogP contribution in [-0.2, 0) is 12.8 Å². The molecule has 1 atom stereocenters. The van der Waals surface area contributed by atoms with Gasteiger partial charge < -0.3 is 0 Å². The van der Waals surface area contributed by atoms with Gasteiger partial charge in [-0.2, -0.15) is 0 Å². The predicted molar refractivity (Wildman–Crippen MR) is 60.5 cm³/mol. The second-order valence-electron chi connectivity index (χ2n) is 4.01. The van der Waals surface area contributed by atoms with E-state index in [1.165, 1.54) is 11.1 Å². The summed E-state index contributed by atoms with van der Waals surface area (Å²) >= 11 is 0. The molecule has 0 aliphatic carbocycles. The molecule has 1 aromatic rings. The molecule has 0 aromatic heterocycles. The van der Waals surface area contributed by atoms with Crippen molar-refractivity contribution < 1.29 is 0 Å². The maximum atomic E-state index is 3.91. The van der Waals surface area contributed by atoms with Gasteiger partial charge in [-0.25, -0.2) is 0 Å². The van der Waals surface area contributed by atoms with Crippen molar-refractivity contribution in [2.45, 2.75) is 18.9 Å². The molecule has 1 aliphatic heterocycles. The zero-order valence-electron chi connectivity index (χ0n) is 8.74. The van der Waals surface area contributed by atoms with Crippen LogP contribution in [0.5, 0.6) is 0 Å². The fraction of sp³-hybridized carbons (Fsp3) is 0.385. The van der Waals surface area contributed by atoms with Crippen molar-refractivity contribution >= 4 is 0 Å². The molecule has 0 amide bonds. The number of hydrogen-bond donors (Lipinski definition) is 0. The average molecular weight is 187 g/mol. The van der Waals surface area contributed by atoms with Crippen LogP contribution in [0.1, 0.15) is 11.1 Å². The van der Waals surface area contributed by atoms with Crippen LogP contribution in [0.2, 0.25) is 0 Å². The highest BCUT2D eigenvalue weighted by Crippen LogP contribution is 2.18. The van der Waals surface area contributed by atoms with E-state index >= 15 is 0 Å². The van der Waals surface area contributed by atoms with Crippen LogP contribution >= 0.6 is 0 Å². The Morgan fingerprint density at radius 3 is 2.79 bits per heavy atom. The Morgan fingerprint density at radius 1 is 1.36 bits per heavy atom. The quantitative estimate of drug-likeness (QED) is 0.610. The molecule has 2 rings (SSSR count). The van der Waals surface area contributed by atoms with Gasteiger partial charge in [0.25, 0.3) is 0 Å². The molecular weight excluding hydrogens is 170 g/mol. The standard InChI is InChI=1S/C13H17N/c1-3-13-10-12-7-5-4-6-11(12)8-9-14(13)2/h3-7,13H,1,8-10H2,2H3. The van der Waals surface area contributed by atoms with Crippen molar-refractivity contribution in [3.63, 3.8) is 0 Å². The second-order valence-corrected chi connectivity index (χ2v) is 4.01. The Kier molecular flexibility index (Phi) is 2.69. The summed E-state index contributed by atoms with van der Waals surface area (Å²) < 4.78 is 0. The molecule has 1 unspecified atom stereocenters. The predicted octanol–water partition coefficient (Wildman–Crippen LogP) is 2.27. The Hall–Kier alpha value is -1.08. The molecule has 0 saturated carbocycles. The average Bonchev–Trinajstić information content (AvgIpc) is 2.38. The summed E-state index contributed by atoms with van der Waals surface area (Å²) in [5, 5.41) is 0. The molecule has 74 valence electrons. The number of hydrogen-bond acceptors (Lipinski definition) is 1. The van der Waals surface area contributed by atoms with E-state index in [2.05, 4.69) is 48.9 Å². The van der Waals surface area contributed by atoms with Crippen molar-refractivity contribution in [1.82, 2.24) is 4.90 Å². The Morgan fingerprint density at radius 2 is 2.07 bits per heavy atom. The lowest BCUT2D eigenvalue weighted by Gasteiger charge is -2.21. The smallest absolute Gasteiger partial charge is 0.0313 e. The van der Waals surface area contributed by atoms with Crippen molar-refractivity contribution in [2.75, 3.05) is 13.6 Å². The minimum atomic E-state index is 0.499. The summed E-state index contributed by atoms with van der Waals surface area (Å²) in [6, 6.07) is 9.25. The summed E-state index contributed by atoms with van der Waals surface area (Å²) in [6.07, 6.45) is 4.33. The van der Waals surface area contributed by atoms with Gasteiger partial charge in [-0.1, -0.05) is 30.3 Å². The number of benzene rings is 1. The van der Waals surface area contributed by atoms with Crippen LogP contribution < -0.4 is 0 Å². The molecule has 1 nitrogen and oxygen atoms in total. The third kappa shape index (κ3) is 1.73. The van der Waals surface area contributed by atoms with Crippen LogP contribution in [0, 0.1) is 0 Å². The topological polar surface area (TPSA) is 3.24 Å². The highest BCUT2D eigenvalue weighted by atomic mass is 15.1. The normalized spacial score (nSPS) is 22.5. The number of rotatable bonds is 1. The van der Waals surface area contributed by atoms with E-state index in [9.17, 15) is 0 Å². The molecule has 1 heteroatoms. The van der Waals surface area contributed by atoms with Gasteiger partial charge in [-0.15, -0.1) is 6.58 Å². The highest BCUT2D eigenvalue weighted by Gasteiger charge is 2.17. The molecule has 1 heterocycles. The van der Waals surface area contributed by atoms with Crippen molar-refractivity contribution in [3.05, 3.63) is 48.0 Å². The van der Waals surface area contributed by atoms with Gasteiger partial charge in [0, 0.05) is 12.6 Å². The third-order valence-electron chi connectivity index (χ3n) is 3.12. The Bertz CT molecular complexity index is 330. The zero-order chi connectivity index (χ0) is 9.97. The lowest BCUT2D eigenvalue weighted by atomic mass is 10.0. The van der Waals surface area contributed by atoms with E-state index in [1.54, 1.807) is 0 Å². The molecule has 0 N–H and O–H groups in total. The Balaban J connectivity index is 2.30. The fourth-order valence-corrected chi connectivity index (χ4v) is 2.11. The van der Waals surface area contributed by atoms with Crippen LogP contribution in [0.15, 0.2) is 36.9 Å². The number of likely N-dealkylation sites (N-methyl/N-ethyl adjacent to an activating group) is 1. The summed E-state index contributed by atoms with van der Waals surface area (Å²) in [6.45, 7) is 5.04. The molecule has 0 radical (unpaired) electrons. The van der Waals surface area contributed by atoms with E-state index in [-0.39, 0.29) is 0 Å². The molecule has 0 spiro atoms. The monoisotopic (exact) mass is 187 g/mol. The Labute approximate surface area is 86.1 Å². The third-order valence-corrected chi connectivity index (χ3v) is 3.12. The van der Waals surface area contributed by atoms with Gasteiger partial charge in [-0.3, -0.25) is 4.90 Å². The van der Waals surface area contributed by atoms with Crippen molar-refractivity contribution in [3.8, 4) is 0 Å². The summed E-state index contributed by atoms with van der Waals surface area (Å²) in [5.74, 6) is 0. The number of nitrogens with zero attached hydrogens (tertiary/aromatic N) is 1. The van der Waals surface area contributed by atoms with Gasteiger partial charge in [0.15, 0.2) is 0 Å². The minimum Gasteiger partial charge on any atom is -0.299 e. The van der Waals surface area contributed by atoms with E-state index in [1.807, 2.05) is 0 Å². The molecule has 1 aromatic carbocycles. The van der Waals surface area contributed by atoms with Gasteiger partial charge >= 0.3 is 0 Å². The molecule has 14 heavy (non-hydrogen) atoms. The molecule has 1 aliphatic rings. The summed E-state index contributed by atoms with van der Waals surface area (Å²) in [4.78, 5) is 2.38. The first-order valence-electron chi connectivity index (χ1n) is 5.21. The maximum Gasteiger partial charge on any atom is 0.0313 e. The summed E-state index contributed by atoms with van der Waals surface area (Å²) in [7, 11) is 2.18. The first kappa shape index (κ1) is 9.47. The lowest BCUT2D eigenvalue weighted by molar-refractivity contribution is 0.293. The molecule has 0 saturated heterocycles. The van der Waals surface area contributed by atoms with E-state index in [0.29, 0.717) is 6.04 Å². The molecule has 0 fully saturated rings. The first-order chi connectivity index (χ1) is 6.81. The van der Waals surface area contributed by atoms with Gasteiger partial charge in [-0.05, 0) is 31.0 Å².